The molecular weight excluding hydrogens is 310 g/mol. The van der Waals surface area contributed by atoms with Crippen molar-refractivity contribution in [3.8, 4) is 0 Å². The zero-order valence-corrected chi connectivity index (χ0v) is 11.6. The van der Waals surface area contributed by atoms with Gasteiger partial charge in [-0.3, -0.25) is 0 Å². The van der Waals surface area contributed by atoms with Crippen LogP contribution in [0.4, 0.5) is 0 Å². The standard InChI is InChI=1S/C10H14BrNO4S/c1-7-2-3-8(11)4-10(7)17(15,16)12-5-9(14)6-13/h2-4,9,12-14H,5-6H2,1H3. The number of sulfonamides is 1. The molecule has 0 aliphatic rings. The van der Waals surface area contributed by atoms with Crippen molar-refractivity contribution in [1.82, 2.24) is 4.72 Å². The van der Waals surface area contributed by atoms with Gasteiger partial charge in [0.25, 0.3) is 0 Å². The van der Waals surface area contributed by atoms with Gasteiger partial charge < -0.3 is 10.2 Å². The van der Waals surface area contributed by atoms with Crippen LogP contribution in [-0.2, 0) is 10.0 Å². The van der Waals surface area contributed by atoms with E-state index in [1.54, 1.807) is 19.1 Å². The average molecular weight is 324 g/mol. The van der Waals surface area contributed by atoms with E-state index < -0.39 is 22.7 Å². The summed E-state index contributed by atoms with van der Waals surface area (Å²) in [5, 5.41) is 17.7. The number of halogens is 1. The van der Waals surface area contributed by atoms with Gasteiger partial charge in [0.2, 0.25) is 10.0 Å². The second-order valence-electron chi connectivity index (χ2n) is 3.60. The van der Waals surface area contributed by atoms with Gasteiger partial charge in [0, 0.05) is 11.0 Å². The Balaban J connectivity index is 2.93. The fourth-order valence-corrected chi connectivity index (χ4v) is 3.07. The summed E-state index contributed by atoms with van der Waals surface area (Å²) in [4.78, 5) is 0.150. The number of hydrogen-bond donors (Lipinski definition) is 3. The Labute approximate surface area is 109 Å². The molecule has 1 unspecified atom stereocenters. The van der Waals surface area contributed by atoms with E-state index in [1.165, 1.54) is 6.07 Å². The molecule has 0 aliphatic carbocycles. The van der Waals surface area contributed by atoms with Crippen molar-refractivity contribution < 1.29 is 18.6 Å². The average Bonchev–Trinajstić information content (AvgIpc) is 2.29. The van der Waals surface area contributed by atoms with Gasteiger partial charge >= 0.3 is 0 Å². The van der Waals surface area contributed by atoms with Gasteiger partial charge in [-0.15, -0.1) is 0 Å². The zero-order chi connectivity index (χ0) is 13.1. The van der Waals surface area contributed by atoms with Gasteiger partial charge in [0.15, 0.2) is 0 Å². The molecule has 0 radical (unpaired) electrons. The normalized spacial score (nSPS) is 13.6. The predicted molar refractivity (Wildman–Crippen MR) is 67.2 cm³/mol. The molecule has 0 heterocycles. The van der Waals surface area contributed by atoms with Crippen LogP contribution in [0.1, 0.15) is 5.56 Å². The first-order valence-electron chi connectivity index (χ1n) is 4.91. The molecule has 0 spiro atoms. The van der Waals surface area contributed by atoms with E-state index in [-0.39, 0.29) is 11.4 Å². The van der Waals surface area contributed by atoms with Crippen LogP contribution in [0, 0.1) is 6.92 Å². The maximum Gasteiger partial charge on any atom is 0.240 e. The summed E-state index contributed by atoms with van der Waals surface area (Å²) in [6, 6.07) is 4.92. The summed E-state index contributed by atoms with van der Waals surface area (Å²) >= 11 is 3.20. The van der Waals surface area contributed by atoms with E-state index in [1.807, 2.05) is 0 Å². The molecule has 0 saturated carbocycles. The molecule has 7 heteroatoms. The Morgan fingerprint density at radius 1 is 1.47 bits per heavy atom. The Bertz CT molecular complexity index is 489. The highest BCUT2D eigenvalue weighted by molar-refractivity contribution is 9.10. The molecular formula is C10H14BrNO4S. The van der Waals surface area contributed by atoms with Gasteiger partial charge in [-0.25, -0.2) is 13.1 Å². The van der Waals surface area contributed by atoms with Crippen LogP contribution in [0.5, 0.6) is 0 Å². The molecule has 0 aliphatic heterocycles. The minimum absolute atomic E-state index is 0.150. The summed E-state index contributed by atoms with van der Waals surface area (Å²) < 4.78 is 26.7. The number of aliphatic hydroxyl groups is 2. The minimum Gasteiger partial charge on any atom is -0.394 e. The number of benzene rings is 1. The second-order valence-corrected chi connectivity index (χ2v) is 6.25. The van der Waals surface area contributed by atoms with Crippen molar-refractivity contribution in [3.05, 3.63) is 28.2 Å². The lowest BCUT2D eigenvalue weighted by molar-refractivity contribution is 0.0988. The lowest BCUT2D eigenvalue weighted by Crippen LogP contribution is -2.34. The highest BCUT2D eigenvalue weighted by Gasteiger charge is 2.18. The molecule has 0 saturated heterocycles. The molecule has 17 heavy (non-hydrogen) atoms. The van der Waals surface area contributed by atoms with E-state index in [9.17, 15) is 8.42 Å². The minimum atomic E-state index is -3.67. The topological polar surface area (TPSA) is 86.6 Å². The molecule has 0 aromatic heterocycles. The third-order valence-electron chi connectivity index (χ3n) is 2.16. The Morgan fingerprint density at radius 3 is 2.71 bits per heavy atom. The summed E-state index contributed by atoms with van der Waals surface area (Å²) in [5.41, 5.74) is 0.610. The van der Waals surface area contributed by atoms with Gasteiger partial charge in [0.1, 0.15) is 0 Å². The van der Waals surface area contributed by atoms with Crippen LogP contribution in [0.15, 0.2) is 27.6 Å². The highest BCUT2D eigenvalue weighted by Crippen LogP contribution is 2.20. The Hall–Kier alpha value is -0.470. The SMILES string of the molecule is Cc1ccc(Br)cc1S(=O)(=O)NCC(O)CO. The van der Waals surface area contributed by atoms with E-state index >= 15 is 0 Å². The molecule has 1 rings (SSSR count). The summed E-state index contributed by atoms with van der Waals surface area (Å²) in [7, 11) is -3.67. The van der Waals surface area contributed by atoms with Crippen LogP contribution < -0.4 is 4.72 Å². The molecule has 5 nitrogen and oxygen atoms in total. The number of aryl methyl sites for hydroxylation is 1. The molecule has 0 bridgehead atoms. The first kappa shape index (κ1) is 14.6. The van der Waals surface area contributed by atoms with Gasteiger partial charge in [-0.2, -0.15) is 0 Å². The van der Waals surface area contributed by atoms with Crippen molar-refractivity contribution in [3.63, 3.8) is 0 Å². The molecule has 96 valence electrons. The van der Waals surface area contributed by atoms with Crippen molar-refractivity contribution in [2.75, 3.05) is 13.2 Å². The molecule has 3 N–H and O–H groups in total. The smallest absolute Gasteiger partial charge is 0.240 e. The van der Waals surface area contributed by atoms with Crippen molar-refractivity contribution in [2.45, 2.75) is 17.9 Å². The fraction of sp³-hybridized carbons (Fsp3) is 0.400. The van der Waals surface area contributed by atoms with E-state index in [0.29, 0.717) is 10.0 Å². The molecule has 0 amide bonds. The number of aliphatic hydroxyl groups excluding tert-OH is 2. The van der Waals surface area contributed by atoms with Crippen LogP contribution in [0.3, 0.4) is 0 Å². The number of rotatable bonds is 5. The van der Waals surface area contributed by atoms with Crippen LogP contribution >= 0.6 is 15.9 Å². The maximum atomic E-state index is 11.9. The lowest BCUT2D eigenvalue weighted by Gasteiger charge is -2.11. The molecule has 1 atom stereocenters. The molecule has 1 aromatic rings. The monoisotopic (exact) mass is 323 g/mol. The first-order chi connectivity index (χ1) is 7.86. The first-order valence-corrected chi connectivity index (χ1v) is 7.19. The summed E-state index contributed by atoms with van der Waals surface area (Å²) in [5.74, 6) is 0. The van der Waals surface area contributed by atoms with E-state index in [4.69, 9.17) is 10.2 Å². The highest BCUT2D eigenvalue weighted by atomic mass is 79.9. The largest absolute Gasteiger partial charge is 0.394 e. The quantitative estimate of drug-likeness (QED) is 0.731. The molecule has 1 aromatic carbocycles. The summed E-state index contributed by atoms with van der Waals surface area (Å²) in [6.45, 7) is 0.980. The third kappa shape index (κ3) is 4.04. The molecule has 0 fully saturated rings. The zero-order valence-electron chi connectivity index (χ0n) is 9.22. The Morgan fingerprint density at radius 2 is 2.12 bits per heavy atom. The lowest BCUT2D eigenvalue weighted by atomic mass is 10.2. The van der Waals surface area contributed by atoms with Gasteiger partial charge in [-0.05, 0) is 24.6 Å². The second kappa shape index (κ2) is 5.92. The van der Waals surface area contributed by atoms with E-state index in [0.717, 1.165) is 0 Å². The van der Waals surface area contributed by atoms with Crippen molar-refractivity contribution >= 4 is 26.0 Å². The predicted octanol–water partition coefficient (Wildman–Crippen LogP) is 0.389. The van der Waals surface area contributed by atoms with E-state index in [2.05, 4.69) is 20.7 Å². The maximum absolute atomic E-state index is 11.9. The Kier molecular flexibility index (Phi) is 5.08. The van der Waals surface area contributed by atoms with Crippen LogP contribution in [0.25, 0.3) is 0 Å². The van der Waals surface area contributed by atoms with Crippen molar-refractivity contribution in [2.24, 2.45) is 0 Å². The number of nitrogens with one attached hydrogen (secondary N) is 1. The van der Waals surface area contributed by atoms with Crippen LogP contribution in [0.2, 0.25) is 0 Å². The van der Waals surface area contributed by atoms with Gasteiger partial charge in [0.05, 0.1) is 17.6 Å². The van der Waals surface area contributed by atoms with Gasteiger partial charge in [-0.1, -0.05) is 22.0 Å². The summed E-state index contributed by atoms with van der Waals surface area (Å²) in [6.07, 6.45) is -1.10. The number of hydrogen-bond acceptors (Lipinski definition) is 4. The fourth-order valence-electron chi connectivity index (χ4n) is 1.21. The third-order valence-corrected chi connectivity index (χ3v) is 4.22. The van der Waals surface area contributed by atoms with Crippen LogP contribution in [-0.4, -0.2) is 37.9 Å². The van der Waals surface area contributed by atoms with Crippen molar-refractivity contribution in [1.29, 1.82) is 0 Å².